The quantitative estimate of drug-likeness (QED) is 0.757. The van der Waals surface area contributed by atoms with Crippen LogP contribution in [0.15, 0.2) is 0 Å². The van der Waals surface area contributed by atoms with Crippen LogP contribution in [0.25, 0.3) is 0 Å². The van der Waals surface area contributed by atoms with Crippen LogP contribution >= 0.6 is 0 Å². The SMILES string of the molecule is CC1CN(CCCCC(F)(F)F)C(C)CN1. The van der Waals surface area contributed by atoms with Crippen LogP contribution in [-0.4, -0.2) is 42.8 Å². The van der Waals surface area contributed by atoms with Crippen molar-refractivity contribution in [3.8, 4) is 0 Å². The highest BCUT2D eigenvalue weighted by molar-refractivity contribution is 4.81. The molecule has 0 saturated carbocycles. The Hall–Kier alpha value is -0.290. The number of nitrogens with one attached hydrogen (secondary N) is 1. The lowest BCUT2D eigenvalue weighted by Gasteiger charge is -2.37. The molecule has 1 saturated heterocycles. The van der Waals surface area contributed by atoms with Gasteiger partial charge in [-0.3, -0.25) is 4.90 Å². The van der Waals surface area contributed by atoms with E-state index in [1.165, 1.54) is 0 Å². The molecule has 1 heterocycles. The molecule has 0 aromatic heterocycles. The Morgan fingerprint density at radius 3 is 2.56 bits per heavy atom. The molecule has 1 N–H and O–H groups in total. The third-order valence-corrected chi connectivity index (χ3v) is 3.05. The number of halogens is 3. The lowest BCUT2D eigenvalue weighted by molar-refractivity contribution is -0.135. The summed E-state index contributed by atoms with van der Waals surface area (Å²) in [5, 5.41) is 3.35. The fraction of sp³-hybridized carbons (Fsp3) is 1.00. The van der Waals surface area contributed by atoms with Crippen LogP contribution < -0.4 is 5.32 Å². The van der Waals surface area contributed by atoms with Crippen LogP contribution in [0.5, 0.6) is 0 Å². The van der Waals surface area contributed by atoms with Crippen LogP contribution in [0.2, 0.25) is 0 Å². The van der Waals surface area contributed by atoms with Gasteiger partial charge in [-0.05, 0) is 33.2 Å². The summed E-state index contributed by atoms with van der Waals surface area (Å²) in [5.41, 5.74) is 0. The Morgan fingerprint density at radius 1 is 1.25 bits per heavy atom. The maximum absolute atomic E-state index is 11.9. The van der Waals surface area contributed by atoms with Crippen molar-refractivity contribution in [1.82, 2.24) is 10.2 Å². The van der Waals surface area contributed by atoms with Crippen molar-refractivity contribution in [2.45, 2.75) is 51.4 Å². The Kier molecular flexibility index (Phi) is 5.05. The standard InChI is InChI=1S/C11H21F3N2/c1-9-8-16(10(2)7-15-9)6-4-3-5-11(12,13)14/h9-10,15H,3-8H2,1-2H3. The largest absolute Gasteiger partial charge is 0.389 e. The summed E-state index contributed by atoms with van der Waals surface area (Å²) in [4.78, 5) is 2.28. The molecule has 0 radical (unpaired) electrons. The van der Waals surface area contributed by atoms with Crippen LogP contribution in [-0.2, 0) is 0 Å². The zero-order chi connectivity index (χ0) is 12.2. The maximum Gasteiger partial charge on any atom is 0.389 e. The van der Waals surface area contributed by atoms with E-state index in [-0.39, 0.29) is 6.42 Å². The van der Waals surface area contributed by atoms with E-state index in [4.69, 9.17) is 0 Å². The lowest BCUT2D eigenvalue weighted by Crippen LogP contribution is -2.54. The Balaban J connectivity index is 2.16. The summed E-state index contributed by atoms with van der Waals surface area (Å²) < 4.78 is 35.8. The van der Waals surface area contributed by atoms with E-state index in [1.807, 2.05) is 0 Å². The van der Waals surface area contributed by atoms with Crippen LogP contribution in [0.1, 0.15) is 33.1 Å². The fourth-order valence-corrected chi connectivity index (χ4v) is 2.05. The van der Waals surface area contributed by atoms with Crippen LogP contribution in [0.3, 0.4) is 0 Å². The van der Waals surface area contributed by atoms with Gasteiger partial charge in [-0.25, -0.2) is 0 Å². The van der Waals surface area contributed by atoms with Gasteiger partial charge in [-0.1, -0.05) is 0 Å². The van der Waals surface area contributed by atoms with Gasteiger partial charge in [0, 0.05) is 31.6 Å². The molecule has 0 aliphatic carbocycles. The minimum Gasteiger partial charge on any atom is -0.311 e. The van der Waals surface area contributed by atoms with E-state index in [9.17, 15) is 13.2 Å². The molecule has 1 aliphatic heterocycles. The van der Waals surface area contributed by atoms with Crippen molar-refractivity contribution in [3.05, 3.63) is 0 Å². The predicted octanol–water partition coefficient (Wildman–Crippen LogP) is 2.40. The molecule has 2 unspecified atom stereocenters. The molecule has 0 aromatic carbocycles. The van der Waals surface area contributed by atoms with E-state index in [1.54, 1.807) is 0 Å². The van der Waals surface area contributed by atoms with Crippen LogP contribution in [0, 0.1) is 0 Å². The summed E-state index contributed by atoms with van der Waals surface area (Å²) in [5.74, 6) is 0. The van der Waals surface area contributed by atoms with E-state index in [0.717, 1.165) is 19.6 Å². The molecule has 0 spiro atoms. The molecular formula is C11H21F3N2. The second-order valence-electron chi connectivity index (χ2n) is 4.73. The topological polar surface area (TPSA) is 15.3 Å². The number of hydrogen-bond acceptors (Lipinski definition) is 2. The first kappa shape index (κ1) is 13.8. The fourth-order valence-electron chi connectivity index (χ4n) is 2.05. The van der Waals surface area contributed by atoms with E-state index >= 15 is 0 Å². The van der Waals surface area contributed by atoms with Gasteiger partial charge in [0.2, 0.25) is 0 Å². The van der Waals surface area contributed by atoms with Crippen molar-refractivity contribution in [3.63, 3.8) is 0 Å². The van der Waals surface area contributed by atoms with Gasteiger partial charge in [0.05, 0.1) is 0 Å². The summed E-state index contributed by atoms with van der Waals surface area (Å²) in [6.07, 6.45) is -3.77. The first-order valence-corrected chi connectivity index (χ1v) is 5.92. The number of piperazine rings is 1. The predicted molar refractivity (Wildman–Crippen MR) is 58.4 cm³/mol. The first-order valence-electron chi connectivity index (χ1n) is 5.92. The number of rotatable bonds is 4. The Bertz CT molecular complexity index is 206. The van der Waals surface area contributed by atoms with E-state index in [0.29, 0.717) is 18.5 Å². The van der Waals surface area contributed by atoms with Gasteiger partial charge >= 0.3 is 6.18 Å². The molecule has 96 valence electrons. The van der Waals surface area contributed by atoms with Gasteiger partial charge in [-0.2, -0.15) is 13.2 Å². The van der Waals surface area contributed by atoms with Crippen molar-refractivity contribution in [2.75, 3.05) is 19.6 Å². The third kappa shape index (κ3) is 5.16. The van der Waals surface area contributed by atoms with Gasteiger partial charge in [0.25, 0.3) is 0 Å². The van der Waals surface area contributed by atoms with Gasteiger partial charge in [0.15, 0.2) is 0 Å². The van der Waals surface area contributed by atoms with Crippen LogP contribution in [0.4, 0.5) is 13.2 Å². The molecule has 1 fully saturated rings. The highest BCUT2D eigenvalue weighted by Crippen LogP contribution is 2.22. The number of hydrogen-bond donors (Lipinski definition) is 1. The van der Waals surface area contributed by atoms with Crippen molar-refractivity contribution >= 4 is 0 Å². The molecule has 0 aromatic rings. The molecule has 5 heteroatoms. The zero-order valence-electron chi connectivity index (χ0n) is 9.98. The third-order valence-electron chi connectivity index (χ3n) is 3.05. The average Bonchev–Trinajstić information content (AvgIpc) is 2.16. The van der Waals surface area contributed by atoms with Crippen molar-refractivity contribution < 1.29 is 13.2 Å². The molecule has 1 aliphatic rings. The molecule has 16 heavy (non-hydrogen) atoms. The molecule has 1 rings (SSSR count). The number of unbranched alkanes of at least 4 members (excludes halogenated alkanes) is 1. The number of nitrogens with zero attached hydrogens (tertiary/aromatic N) is 1. The molecule has 2 atom stereocenters. The summed E-state index contributed by atoms with van der Waals surface area (Å²) in [6, 6.07) is 0.876. The zero-order valence-corrected chi connectivity index (χ0v) is 9.98. The molecule has 0 amide bonds. The summed E-state index contributed by atoms with van der Waals surface area (Å²) in [6.45, 7) is 6.87. The second kappa shape index (κ2) is 5.87. The van der Waals surface area contributed by atoms with E-state index in [2.05, 4.69) is 24.1 Å². The number of alkyl halides is 3. The monoisotopic (exact) mass is 238 g/mol. The minimum absolute atomic E-state index is 0.245. The molecule has 2 nitrogen and oxygen atoms in total. The highest BCUT2D eigenvalue weighted by Gasteiger charge is 2.26. The highest BCUT2D eigenvalue weighted by atomic mass is 19.4. The smallest absolute Gasteiger partial charge is 0.311 e. The Labute approximate surface area is 95.2 Å². The second-order valence-corrected chi connectivity index (χ2v) is 4.73. The van der Waals surface area contributed by atoms with E-state index < -0.39 is 12.6 Å². The normalized spacial score (nSPS) is 28.3. The van der Waals surface area contributed by atoms with Gasteiger partial charge in [0.1, 0.15) is 0 Å². The van der Waals surface area contributed by atoms with Crippen molar-refractivity contribution in [2.24, 2.45) is 0 Å². The summed E-state index contributed by atoms with van der Waals surface area (Å²) >= 11 is 0. The van der Waals surface area contributed by atoms with Crippen molar-refractivity contribution in [1.29, 1.82) is 0 Å². The first-order chi connectivity index (χ1) is 7.38. The maximum atomic E-state index is 11.9. The van der Waals surface area contributed by atoms with Gasteiger partial charge in [-0.15, -0.1) is 0 Å². The summed E-state index contributed by atoms with van der Waals surface area (Å²) in [7, 11) is 0. The minimum atomic E-state index is -4.00. The molecule has 0 bridgehead atoms. The van der Waals surface area contributed by atoms with Gasteiger partial charge < -0.3 is 5.32 Å². The molecular weight excluding hydrogens is 217 g/mol. The Morgan fingerprint density at radius 2 is 1.94 bits per heavy atom. The lowest BCUT2D eigenvalue weighted by atomic mass is 10.1. The average molecular weight is 238 g/mol.